The Kier molecular flexibility index (Phi) is 7.25. The third-order valence-corrected chi connectivity index (χ3v) is 4.77. The van der Waals surface area contributed by atoms with Crippen molar-refractivity contribution in [2.45, 2.75) is 52.1 Å². The molecule has 1 aromatic heterocycles. The zero-order valence-corrected chi connectivity index (χ0v) is 18.0. The number of halogens is 3. The van der Waals surface area contributed by atoms with Gasteiger partial charge < -0.3 is 14.2 Å². The maximum atomic E-state index is 12.6. The van der Waals surface area contributed by atoms with Crippen LogP contribution in [0.2, 0.25) is 0 Å². The number of ether oxygens (including phenoxy) is 3. The molecular formula is C22H28F3N3O3. The van der Waals surface area contributed by atoms with E-state index in [1.54, 1.807) is 18.5 Å². The smallest absolute Gasteiger partial charge is 0.489 e. The third kappa shape index (κ3) is 7.57. The highest BCUT2D eigenvalue weighted by Crippen LogP contribution is 2.32. The van der Waals surface area contributed by atoms with Crippen molar-refractivity contribution < 1.29 is 27.4 Å². The number of nitrogens with zero attached hydrogens (tertiary/aromatic N) is 3. The molecule has 9 heteroatoms. The van der Waals surface area contributed by atoms with Crippen LogP contribution in [0.4, 0.5) is 13.2 Å². The molecule has 170 valence electrons. The number of para-hydroxylation sites is 2. The van der Waals surface area contributed by atoms with Crippen molar-refractivity contribution in [1.82, 2.24) is 14.9 Å². The lowest BCUT2D eigenvalue weighted by atomic mass is 9.97. The summed E-state index contributed by atoms with van der Waals surface area (Å²) in [6.07, 6.45) is 0.275. The van der Waals surface area contributed by atoms with Crippen LogP contribution in [0.25, 0.3) is 0 Å². The minimum Gasteiger partial charge on any atom is -0.489 e. The van der Waals surface area contributed by atoms with Gasteiger partial charge in [0.25, 0.3) is 0 Å². The molecule has 0 N–H and O–H groups in total. The lowest BCUT2D eigenvalue weighted by Gasteiger charge is -2.32. The highest BCUT2D eigenvalue weighted by atomic mass is 19.4. The number of alkyl halides is 3. The van der Waals surface area contributed by atoms with Crippen LogP contribution in [0.1, 0.15) is 39.3 Å². The summed E-state index contributed by atoms with van der Waals surface area (Å²) in [6, 6.07) is 5.85. The molecule has 0 radical (unpaired) electrons. The van der Waals surface area contributed by atoms with Crippen LogP contribution >= 0.6 is 0 Å². The normalized spacial score (nSPS) is 16.2. The molecule has 1 aliphatic rings. The number of hydrogen-bond donors (Lipinski definition) is 0. The van der Waals surface area contributed by atoms with E-state index < -0.39 is 6.36 Å². The fourth-order valence-corrected chi connectivity index (χ4v) is 3.35. The molecule has 0 bridgehead atoms. The molecule has 1 saturated heterocycles. The minimum atomic E-state index is -4.75. The van der Waals surface area contributed by atoms with E-state index in [2.05, 4.69) is 19.6 Å². The summed E-state index contributed by atoms with van der Waals surface area (Å²) in [7, 11) is 0. The fraction of sp³-hybridized carbons (Fsp3) is 0.545. The van der Waals surface area contributed by atoms with Crippen molar-refractivity contribution in [3.8, 4) is 17.4 Å². The predicted molar refractivity (Wildman–Crippen MR) is 109 cm³/mol. The van der Waals surface area contributed by atoms with E-state index in [9.17, 15) is 13.2 Å². The Hall–Kier alpha value is -2.55. The van der Waals surface area contributed by atoms with Gasteiger partial charge in [0.15, 0.2) is 11.5 Å². The molecule has 3 rings (SSSR count). The monoisotopic (exact) mass is 439 g/mol. The summed E-state index contributed by atoms with van der Waals surface area (Å²) < 4.78 is 53.3. The van der Waals surface area contributed by atoms with E-state index in [4.69, 9.17) is 9.47 Å². The Morgan fingerprint density at radius 3 is 2.26 bits per heavy atom. The standard InChI is InChI=1S/C22H28F3N3O3/c1-21(2,3)31-20-17(26-10-11-27-20)14-28-12-8-16(9-13-28)15-29-18-6-4-5-7-19(18)30-22(23,24)25/h4-7,10-11,16H,8-9,12-15H2,1-3H3. The lowest BCUT2D eigenvalue weighted by Crippen LogP contribution is -2.35. The van der Waals surface area contributed by atoms with Gasteiger partial charge in [-0.05, 0) is 64.8 Å². The summed E-state index contributed by atoms with van der Waals surface area (Å²) >= 11 is 0. The zero-order valence-electron chi connectivity index (χ0n) is 18.0. The first-order valence-electron chi connectivity index (χ1n) is 10.3. The highest BCUT2D eigenvalue weighted by Gasteiger charge is 2.32. The zero-order chi connectivity index (χ0) is 22.5. The second kappa shape index (κ2) is 9.72. The first-order chi connectivity index (χ1) is 14.6. The number of rotatable bonds is 7. The number of piperidine rings is 1. The first kappa shape index (κ1) is 23.1. The van der Waals surface area contributed by atoms with Crippen molar-refractivity contribution in [2.75, 3.05) is 19.7 Å². The topological polar surface area (TPSA) is 56.7 Å². The van der Waals surface area contributed by atoms with Gasteiger partial charge in [0.2, 0.25) is 5.88 Å². The van der Waals surface area contributed by atoms with Crippen LogP contribution in [0.15, 0.2) is 36.7 Å². The molecule has 0 spiro atoms. The van der Waals surface area contributed by atoms with Crippen molar-refractivity contribution in [3.63, 3.8) is 0 Å². The van der Waals surface area contributed by atoms with E-state index in [-0.39, 0.29) is 23.0 Å². The summed E-state index contributed by atoms with van der Waals surface area (Å²) in [5, 5.41) is 0. The molecule has 6 nitrogen and oxygen atoms in total. The van der Waals surface area contributed by atoms with Crippen molar-refractivity contribution in [3.05, 3.63) is 42.4 Å². The number of likely N-dealkylation sites (tertiary alicyclic amines) is 1. The van der Waals surface area contributed by atoms with Gasteiger partial charge in [-0.25, -0.2) is 4.98 Å². The largest absolute Gasteiger partial charge is 0.573 e. The van der Waals surface area contributed by atoms with Crippen LogP contribution in [0.3, 0.4) is 0 Å². The van der Waals surface area contributed by atoms with Crippen molar-refractivity contribution in [1.29, 1.82) is 0 Å². The average molecular weight is 439 g/mol. The SMILES string of the molecule is CC(C)(C)Oc1nccnc1CN1CCC(COc2ccccc2OC(F)(F)F)CC1. The molecular weight excluding hydrogens is 411 g/mol. The molecule has 0 saturated carbocycles. The Morgan fingerprint density at radius 2 is 1.61 bits per heavy atom. The average Bonchev–Trinajstić information content (AvgIpc) is 2.68. The Balaban J connectivity index is 1.50. The number of aromatic nitrogens is 2. The minimum absolute atomic E-state index is 0.103. The van der Waals surface area contributed by atoms with E-state index >= 15 is 0 Å². The predicted octanol–water partition coefficient (Wildman–Crippen LogP) is 4.84. The first-order valence-corrected chi connectivity index (χ1v) is 10.3. The molecule has 0 amide bonds. The molecule has 31 heavy (non-hydrogen) atoms. The molecule has 0 atom stereocenters. The highest BCUT2D eigenvalue weighted by molar-refractivity contribution is 5.39. The Bertz CT molecular complexity index is 848. The quantitative estimate of drug-likeness (QED) is 0.615. The number of hydrogen-bond acceptors (Lipinski definition) is 6. The summed E-state index contributed by atoms with van der Waals surface area (Å²) in [5.41, 5.74) is 0.437. The summed E-state index contributed by atoms with van der Waals surface area (Å²) in [5.74, 6) is 0.580. The second-order valence-electron chi connectivity index (χ2n) is 8.55. The van der Waals surface area contributed by atoms with Gasteiger partial charge in [0.1, 0.15) is 11.3 Å². The fourth-order valence-electron chi connectivity index (χ4n) is 3.35. The molecule has 2 aromatic rings. The van der Waals surface area contributed by atoms with E-state index in [0.717, 1.165) is 31.6 Å². The second-order valence-corrected chi connectivity index (χ2v) is 8.55. The summed E-state index contributed by atoms with van der Waals surface area (Å²) in [6.45, 7) is 8.55. The lowest BCUT2D eigenvalue weighted by molar-refractivity contribution is -0.275. The van der Waals surface area contributed by atoms with Crippen LogP contribution in [0, 0.1) is 5.92 Å². The molecule has 1 fully saturated rings. The number of benzene rings is 1. The van der Waals surface area contributed by atoms with Crippen molar-refractivity contribution in [2.24, 2.45) is 5.92 Å². The van der Waals surface area contributed by atoms with E-state index in [0.29, 0.717) is 19.0 Å². The maximum absolute atomic E-state index is 12.6. The van der Waals surface area contributed by atoms with E-state index in [1.807, 2.05) is 20.8 Å². The van der Waals surface area contributed by atoms with Crippen LogP contribution in [-0.2, 0) is 6.54 Å². The van der Waals surface area contributed by atoms with Crippen molar-refractivity contribution >= 4 is 0 Å². The maximum Gasteiger partial charge on any atom is 0.573 e. The Morgan fingerprint density at radius 1 is 0.968 bits per heavy atom. The van der Waals surface area contributed by atoms with E-state index in [1.165, 1.54) is 18.2 Å². The molecule has 0 aliphatic carbocycles. The van der Waals surface area contributed by atoms with Gasteiger partial charge >= 0.3 is 6.36 Å². The third-order valence-electron chi connectivity index (χ3n) is 4.77. The molecule has 2 heterocycles. The molecule has 1 aliphatic heterocycles. The van der Waals surface area contributed by atoms with Crippen LogP contribution < -0.4 is 14.2 Å². The molecule has 0 unspecified atom stereocenters. The molecule has 1 aromatic carbocycles. The van der Waals surface area contributed by atoms with Gasteiger partial charge in [-0.2, -0.15) is 0 Å². The van der Waals surface area contributed by atoms with Gasteiger partial charge in [-0.3, -0.25) is 9.88 Å². The van der Waals surface area contributed by atoms with Gasteiger partial charge in [-0.1, -0.05) is 12.1 Å². The van der Waals surface area contributed by atoms with Crippen LogP contribution in [-0.4, -0.2) is 46.5 Å². The van der Waals surface area contributed by atoms with Crippen LogP contribution in [0.5, 0.6) is 17.4 Å². The van der Waals surface area contributed by atoms with Gasteiger partial charge in [-0.15, -0.1) is 13.2 Å². The summed E-state index contributed by atoms with van der Waals surface area (Å²) in [4.78, 5) is 11.0. The van der Waals surface area contributed by atoms with Gasteiger partial charge in [0.05, 0.1) is 6.61 Å². The Labute approximate surface area is 180 Å². The van der Waals surface area contributed by atoms with Gasteiger partial charge in [0, 0.05) is 18.9 Å².